The Morgan fingerprint density at radius 3 is 2.35 bits per heavy atom. The van der Waals surface area contributed by atoms with Crippen LogP contribution < -0.4 is 0 Å². The van der Waals surface area contributed by atoms with Crippen LogP contribution in [0.1, 0.15) is 76.6 Å². The average molecular weight is 422 g/mol. The second-order valence-electron chi connectivity index (χ2n) is 8.46. The van der Waals surface area contributed by atoms with Gasteiger partial charge in [-0.05, 0) is 78.4 Å². The van der Waals surface area contributed by atoms with Crippen molar-refractivity contribution >= 4 is 21.7 Å². The second kappa shape index (κ2) is 8.81. The lowest BCUT2D eigenvalue weighted by Crippen LogP contribution is -2.59. The summed E-state index contributed by atoms with van der Waals surface area (Å²) in [5.41, 5.74) is 0.529. The highest BCUT2D eigenvalue weighted by atomic mass is 79.9. The molecule has 4 heteroatoms. The lowest BCUT2D eigenvalue weighted by Gasteiger charge is -2.52. The number of piperidine rings is 1. The van der Waals surface area contributed by atoms with E-state index in [1.807, 2.05) is 30.3 Å². The highest BCUT2D eigenvalue weighted by molar-refractivity contribution is 9.10. The molecule has 0 saturated carbocycles. The number of hydrogen-bond donors (Lipinski definition) is 0. The van der Waals surface area contributed by atoms with Crippen LogP contribution in [0.3, 0.4) is 0 Å². The van der Waals surface area contributed by atoms with Crippen LogP contribution in [0.2, 0.25) is 0 Å². The minimum absolute atomic E-state index is 0.0544. The quantitative estimate of drug-likeness (QED) is 0.278. The molecule has 0 aromatic heterocycles. The maximum absolute atomic E-state index is 13.2. The van der Waals surface area contributed by atoms with Crippen LogP contribution >= 0.6 is 15.9 Å². The van der Waals surface area contributed by atoms with E-state index in [9.17, 15) is 4.79 Å². The predicted octanol–water partition coefficient (Wildman–Crippen LogP) is 6.33. The van der Waals surface area contributed by atoms with Crippen LogP contribution in [0.5, 0.6) is 0 Å². The van der Waals surface area contributed by atoms with E-state index in [0.717, 1.165) is 30.2 Å². The lowest BCUT2D eigenvalue weighted by molar-refractivity contribution is -0.295. The van der Waals surface area contributed by atoms with Crippen LogP contribution in [0.15, 0.2) is 41.4 Å². The largest absolute Gasteiger partial charge is 0.291 e. The summed E-state index contributed by atoms with van der Waals surface area (Å²) in [6.07, 6.45) is 7.24. The van der Waals surface area contributed by atoms with Gasteiger partial charge in [0.1, 0.15) is 6.10 Å². The van der Waals surface area contributed by atoms with Crippen LogP contribution in [0.4, 0.5) is 0 Å². The zero-order chi connectivity index (χ0) is 19.4. The molecule has 0 bridgehead atoms. The van der Waals surface area contributed by atoms with Gasteiger partial charge >= 0.3 is 0 Å². The molecule has 0 N–H and O–H groups in total. The molecule has 0 radical (unpaired) electrons. The Balaban J connectivity index is 2.24. The molecular weight excluding hydrogens is 390 g/mol. The van der Waals surface area contributed by atoms with E-state index in [-0.39, 0.29) is 16.9 Å². The topological polar surface area (TPSA) is 29.5 Å². The Bertz CT molecular complexity index is 606. The van der Waals surface area contributed by atoms with Crippen molar-refractivity contribution in [3.63, 3.8) is 0 Å². The maximum atomic E-state index is 13.2. The smallest absolute Gasteiger partial charge is 0.193 e. The van der Waals surface area contributed by atoms with Crippen molar-refractivity contribution < 1.29 is 9.63 Å². The number of allylic oxidation sites excluding steroid dienone is 1. The van der Waals surface area contributed by atoms with Crippen molar-refractivity contribution in [2.75, 3.05) is 0 Å². The zero-order valence-electron chi connectivity index (χ0n) is 16.6. The number of Topliss-reactive ketones (excluding diaryl/α,β-unsaturated/α-hetero) is 1. The van der Waals surface area contributed by atoms with Crippen LogP contribution in [-0.2, 0) is 4.84 Å². The summed E-state index contributed by atoms with van der Waals surface area (Å²) in [6, 6.07) is 7.54. The number of hydroxylamine groups is 2. The molecule has 1 aromatic rings. The van der Waals surface area contributed by atoms with Gasteiger partial charge in [0, 0.05) is 21.1 Å². The van der Waals surface area contributed by atoms with E-state index >= 15 is 0 Å². The molecule has 0 amide bonds. The molecule has 0 aliphatic carbocycles. The van der Waals surface area contributed by atoms with Gasteiger partial charge in [-0.1, -0.05) is 34.1 Å². The number of unbranched alkanes of at least 4 members (excludes halogenated alkanes) is 1. The number of ketones is 1. The Kier molecular flexibility index (Phi) is 7.23. The molecule has 1 aliphatic rings. The molecule has 0 spiro atoms. The van der Waals surface area contributed by atoms with E-state index in [0.29, 0.717) is 12.0 Å². The predicted molar refractivity (Wildman–Crippen MR) is 111 cm³/mol. The Morgan fingerprint density at radius 2 is 1.81 bits per heavy atom. The van der Waals surface area contributed by atoms with Crippen molar-refractivity contribution in [2.45, 2.75) is 83.4 Å². The third-order valence-electron chi connectivity index (χ3n) is 5.21. The number of carbonyl (C=O) groups excluding carboxylic acids is 1. The number of benzene rings is 1. The molecule has 26 heavy (non-hydrogen) atoms. The molecular formula is C22H32BrNO2. The first kappa shape index (κ1) is 21.3. The van der Waals surface area contributed by atoms with Crippen LogP contribution in [-0.4, -0.2) is 28.0 Å². The number of nitrogens with zero attached hydrogens (tertiary/aromatic N) is 1. The van der Waals surface area contributed by atoms with E-state index in [2.05, 4.69) is 55.3 Å². The minimum atomic E-state index is -0.465. The molecule has 1 aliphatic heterocycles. The van der Waals surface area contributed by atoms with Crippen LogP contribution in [0.25, 0.3) is 0 Å². The fourth-order valence-electron chi connectivity index (χ4n) is 3.87. The van der Waals surface area contributed by atoms with Gasteiger partial charge in [-0.25, -0.2) is 0 Å². The van der Waals surface area contributed by atoms with Crippen molar-refractivity contribution in [1.82, 2.24) is 5.06 Å². The second-order valence-corrected chi connectivity index (χ2v) is 9.37. The Labute approximate surface area is 166 Å². The van der Waals surface area contributed by atoms with Crippen LogP contribution in [0, 0.1) is 0 Å². The summed E-state index contributed by atoms with van der Waals surface area (Å²) in [5.74, 6) is 0.0544. The van der Waals surface area contributed by atoms with E-state index < -0.39 is 6.10 Å². The van der Waals surface area contributed by atoms with Gasteiger partial charge in [-0.2, -0.15) is 5.06 Å². The van der Waals surface area contributed by atoms with Gasteiger partial charge < -0.3 is 0 Å². The molecule has 1 unspecified atom stereocenters. The first-order valence-corrected chi connectivity index (χ1v) is 10.3. The molecule has 3 nitrogen and oxygen atoms in total. The SMILES string of the molecule is C=CCCCC(ON1C(C)(C)CCCC1(C)C)C(=O)c1ccc(Br)cc1. The third kappa shape index (κ3) is 5.28. The van der Waals surface area contributed by atoms with E-state index in [4.69, 9.17) is 4.84 Å². The number of rotatable bonds is 8. The standard InChI is InChI=1S/C22H32BrNO2/c1-6-7-8-10-19(20(25)17-11-13-18(23)14-12-17)26-24-21(2,3)15-9-16-22(24,4)5/h6,11-14,19H,1,7-10,15-16H2,2-5H3. The molecule has 144 valence electrons. The maximum Gasteiger partial charge on any atom is 0.193 e. The monoisotopic (exact) mass is 421 g/mol. The molecule has 1 heterocycles. The van der Waals surface area contributed by atoms with Gasteiger partial charge in [0.05, 0.1) is 0 Å². The molecule has 2 rings (SSSR count). The number of halogens is 1. The van der Waals surface area contributed by atoms with Gasteiger partial charge in [0.15, 0.2) is 5.78 Å². The fraction of sp³-hybridized carbons (Fsp3) is 0.591. The number of hydrogen-bond acceptors (Lipinski definition) is 3. The minimum Gasteiger partial charge on any atom is -0.291 e. The first-order chi connectivity index (χ1) is 12.2. The normalized spacial score (nSPS) is 20.5. The molecule has 1 saturated heterocycles. The molecule has 1 aromatic carbocycles. The molecule has 1 fully saturated rings. The van der Waals surface area contributed by atoms with Gasteiger partial charge in [0.2, 0.25) is 0 Å². The van der Waals surface area contributed by atoms with Gasteiger partial charge in [0.25, 0.3) is 0 Å². The van der Waals surface area contributed by atoms with E-state index in [1.165, 1.54) is 6.42 Å². The summed E-state index contributed by atoms with van der Waals surface area (Å²) in [6.45, 7) is 12.6. The van der Waals surface area contributed by atoms with Gasteiger partial charge in [-0.15, -0.1) is 6.58 Å². The highest BCUT2D eigenvalue weighted by Gasteiger charge is 2.44. The summed E-state index contributed by atoms with van der Waals surface area (Å²) in [4.78, 5) is 19.6. The van der Waals surface area contributed by atoms with Gasteiger partial charge in [-0.3, -0.25) is 9.63 Å². The lowest BCUT2D eigenvalue weighted by atomic mass is 9.82. The molecule has 1 atom stereocenters. The Hall–Kier alpha value is -0.970. The first-order valence-electron chi connectivity index (χ1n) is 9.55. The van der Waals surface area contributed by atoms with Crippen molar-refractivity contribution in [3.8, 4) is 0 Å². The van der Waals surface area contributed by atoms with Crippen molar-refractivity contribution in [3.05, 3.63) is 47.0 Å². The third-order valence-corrected chi connectivity index (χ3v) is 5.73. The van der Waals surface area contributed by atoms with E-state index in [1.54, 1.807) is 0 Å². The summed E-state index contributed by atoms with van der Waals surface area (Å²) >= 11 is 3.43. The Morgan fingerprint density at radius 1 is 1.23 bits per heavy atom. The fourth-order valence-corrected chi connectivity index (χ4v) is 4.13. The van der Waals surface area contributed by atoms with Crippen molar-refractivity contribution in [1.29, 1.82) is 0 Å². The summed E-state index contributed by atoms with van der Waals surface area (Å²) in [5, 5.41) is 2.10. The van der Waals surface area contributed by atoms with Crippen molar-refractivity contribution in [2.24, 2.45) is 0 Å². The summed E-state index contributed by atoms with van der Waals surface area (Å²) in [7, 11) is 0. The average Bonchev–Trinajstić information content (AvgIpc) is 2.56. The summed E-state index contributed by atoms with van der Waals surface area (Å²) < 4.78 is 0.969. The zero-order valence-corrected chi connectivity index (χ0v) is 18.1. The highest BCUT2D eigenvalue weighted by Crippen LogP contribution is 2.39. The number of carbonyl (C=O) groups is 1.